The summed E-state index contributed by atoms with van der Waals surface area (Å²) in [5.74, 6) is 1.73. The molecule has 0 aliphatic carbocycles. The molecule has 5 heterocycles. The highest BCUT2D eigenvalue weighted by Gasteiger charge is 2.43. The van der Waals surface area contributed by atoms with E-state index in [0.717, 1.165) is 35.9 Å². The summed E-state index contributed by atoms with van der Waals surface area (Å²) in [4.78, 5) is 23.2. The molecule has 0 radical (unpaired) electrons. The van der Waals surface area contributed by atoms with Crippen LogP contribution in [0.1, 0.15) is 31.4 Å². The van der Waals surface area contributed by atoms with Crippen LogP contribution >= 0.6 is 11.3 Å². The van der Waals surface area contributed by atoms with Gasteiger partial charge in [-0.3, -0.25) is 5.10 Å². The quantitative estimate of drug-likeness (QED) is 0.429. The summed E-state index contributed by atoms with van der Waals surface area (Å²) in [6.07, 6.45) is 2.53. The summed E-state index contributed by atoms with van der Waals surface area (Å²) >= 11 is 1.53. The number of piperidine rings is 1. The van der Waals surface area contributed by atoms with E-state index in [2.05, 4.69) is 30.8 Å². The van der Waals surface area contributed by atoms with Crippen molar-refractivity contribution >= 4 is 45.2 Å². The lowest BCUT2D eigenvalue weighted by molar-refractivity contribution is 0.0993. The molecule has 10 nitrogen and oxygen atoms in total. The summed E-state index contributed by atoms with van der Waals surface area (Å²) in [6.45, 7) is -0.115. The number of nitrogens with zero attached hydrogens (tertiary/aromatic N) is 4. The second kappa shape index (κ2) is 7.16. The summed E-state index contributed by atoms with van der Waals surface area (Å²) in [7, 11) is 0. The van der Waals surface area contributed by atoms with Gasteiger partial charge in [-0.2, -0.15) is 10.1 Å². The highest BCUT2D eigenvalue weighted by atomic mass is 32.1. The molecule has 2 fully saturated rings. The van der Waals surface area contributed by atoms with E-state index < -0.39 is 6.09 Å². The number of fused-ring (bicyclic) bond motifs is 3. The van der Waals surface area contributed by atoms with Crippen molar-refractivity contribution in [3.8, 4) is 0 Å². The van der Waals surface area contributed by atoms with Gasteiger partial charge in [-0.05, 0) is 37.1 Å². The Hall–Kier alpha value is -2.92. The largest absolute Gasteiger partial charge is 0.465 e. The van der Waals surface area contributed by atoms with E-state index in [1.54, 1.807) is 11.0 Å². The second-order valence-corrected chi connectivity index (χ2v) is 8.38. The summed E-state index contributed by atoms with van der Waals surface area (Å²) in [5, 5.41) is 35.0. The van der Waals surface area contributed by atoms with Crippen LogP contribution in [0.4, 0.5) is 22.4 Å². The fourth-order valence-corrected chi connectivity index (χ4v) is 5.20. The first-order valence-corrected chi connectivity index (χ1v) is 10.4. The molecule has 2 saturated heterocycles. The smallest absolute Gasteiger partial charge is 0.407 e. The van der Waals surface area contributed by atoms with Gasteiger partial charge in [0.2, 0.25) is 5.95 Å². The molecule has 3 aromatic rings. The predicted octanol–water partition coefficient (Wildman–Crippen LogP) is 2.74. The van der Waals surface area contributed by atoms with Crippen molar-refractivity contribution in [2.45, 2.75) is 50.4 Å². The Kier molecular flexibility index (Phi) is 4.47. The Morgan fingerprint density at radius 2 is 2.10 bits per heavy atom. The number of rotatable bonds is 5. The fraction of sp³-hybridized carbons (Fsp3) is 0.444. The predicted molar refractivity (Wildman–Crippen MR) is 109 cm³/mol. The first-order chi connectivity index (χ1) is 14.1. The van der Waals surface area contributed by atoms with E-state index in [4.69, 9.17) is 0 Å². The van der Waals surface area contributed by atoms with Crippen LogP contribution in [0.2, 0.25) is 0 Å². The zero-order valence-corrected chi connectivity index (χ0v) is 16.3. The average molecular weight is 415 g/mol. The van der Waals surface area contributed by atoms with Crippen molar-refractivity contribution in [1.29, 1.82) is 0 Å². The Morgan fingerprint density at radius 1 is 1.31 bits per heavy atom. The number of amides is 1. The molecular weight excluding hydrogens is 394 g/mol. The number of aromatic amines is 1. The number of nitrogens with one attached hydrogen (secondary N) is 3. The van der Waals surface area contributed by atoms with Crippen LogP contribution in [0, 0.1) is 0 Å². The standard InChI is InChI=1S/C18H21N7O3S/c26-8-10-7-14(24-23-10)20-15-13-3-4-29-16(13)22-17(21-15)19-9-5-11-1-2-12(6-9)25(11)18(27)28/h3-4,7,9,11-12,26H,1-2,5-6,8H2,(H,27,28)(H3,19,20,21,22,23,24). The molecule has 0 saturated carbocycles. The number of anilines is 3. The van der Waals surface area contributed by atoms with Crippen LogP contribution in [0.5, 0.6) is 0 Å². The van der Waals surface area contributed by atoms with Crippen LogP contribution in [-0.4, -0.2) is 59.5 Å². The van der Waals surface area contributed by atoms with Crippen molar-refractivity contribution in [3.05, 3.63) is 23.2 Å². The third-order valence-corrected chi connectivity index (χ3v) is 6.47. The van der Waals surface area contributed by atoms with Crippen molar-refractivity contribution in [1.82, 2.24) is 25.1 Å². The van der Waals surface area contributed by atoms with Gasteiger partial charge in [0.15, 0.2) is 5.82 Å². The molecule has 5 N–H and O–H groups in total. The minimum absolute atomic E-state index is 0.0628. The van der Waals surface area contributed by atoms with Crippen molar-refractivity contribution in [2.24, 2.45) is 0 Å². The summed E-state index contributed by atoms with van der Waals surface area (Å²) < 4.78 is 0. The van der Waals surface area contributed by atoms with Crippen molar-refractivity contribution < 1.29 is 15.0 Å². The molecule has 2 unspecified atom stereocenters. The Morgan fingerprint density at radius 3 is 2.79 bits per heavy atom. The van der Waals surface area contributed by atoms with Crippen LogP contribution in [0.15, 0.2) is 17.5 Å². The molecule has 29 heavy (non-hydrogen) atoms. The number of aliphatic hydroxyl groups is 1. The maximum atomic E-state index is 11.5. The molecule has 0 spiro atoms. The molecule has 2 aliphatic heterocycles. The Labute approximate surface area is 170 Å². The first kappa shape index (κ1) is 18.1. The SMILES string of the molecule is O=C(O)N1C2CCC1CC(Nc1nc(Nc3cc(CO)[nH]n3)c3ccsc3n1)C2. The van der Waals surface area contributed by atoms with Gasteiger partial charge in [-0.15, -0.1) is 11.3 Å². The molecule has 3 aromatic heterocycles. The third-order valence-electron chi connectivity index (χ3n) is 5.66. The first-order valence-electron chi connectivity index (χ1n) is 9.56. The Bertz CT molecular complexity index is 1040. The van der Waals surface area contributed by atoms with Crippen molar-refractivity contribution in [2.75, 3.05) is 10.6 Å². The van der Waals surface area contributed by atoms with Crippen LogP contribution in [0.3, 0.4) is 0 Å². The van der Waals surface area contributed by atoms with Crippen LogP contribution in [0.25, 0.3) is 10.2 Å². The number of aromatic nitrogens is 4. The molecule has 0 aromatic carbocycles. The maximum Gasteiger partial charge on any atom is 0.407 e. The van der Waals surface area contributed by atoms with Gasteiger partial charge in [0.05, 0.1) is 17.7 Å². The lowest BCUT2D eigenvalue weighted by Gasteiger charge is -2.37. The lowest BCUT2D eigenvalue weighted by atomic mass is 9.98. The number of thiophene rings is 1. The second-order valence-electron chi connectivity index (χ2n) is 7.48. The number of aliphatic hydroxyl groups excluding tert-OH is 1. The number of H-pyrrole nitrogens is 1. The number of hydrogen-bond acceptors (Lipinski definition) is 8. The van der Waals surface area contributed by atoms with Gasteiger partial charge < -0.3 is 25.7 Å². The minimum Gasteiger partial charge on any atom is -0.465 e. The number of hydrogen-bond donors (Lipinski definition) is 5. The molecule has 1 amide bonds. The highest BCUT2D eigenvalue weighted by molar-refractivity contribution is 7.16. The molecular formula is C18H21N7O3S. The topological polar surface area (TPSA) is 139 Å². The van der Waals surface area contributed by atoms with E-state index >= 15 is 0 Å². The molecule has 2 atom stereocenters. The molecule has 2 bridgehead atoms. The fourth-order valence-electron chi connectivity index (χ4n) is 4.43. The van der Waals surface area contributed by atoms with Crippen LogP contribution in [-0.2, 0) is 6.61 Å². The summed E-state index contributed by atoms with van der Waals surface area (Å²) in [5.41, 5.74) is 0.613. The van der Waals surface area contributed by atoms with Gasteiger partial charge >= 0.3 is 6.09 Å². The van der Waals surface area contributed by atoms with Gasteiger partial charge in [0.25, 0.3) is 0 Å². The zero-order chi connectivity index (χ0) is 20.0. The number of carbonyl (C=O) groups is 1. The zero-order valence-electron chi connectivity index (χ0n) is 15.5. The average Bonchev–Trinajstić information content (AvgIpc) is 3.40. The molecule has 5 rings (SSSR count). The van der Waals surface area contributed by atoms with Crippen molar-refractivity contribution in [3.63, 3.8) is 0 Å². The van der Waals surface area contributed by atoms with E-state index in [1.165, 1.54) is 11.3 Å². The van der Waals surface area contributed by atoms with E-state index in [0.29, 0.717) is 23.3 Å². The Balaban J connectivity index is 1.38. The van der Waals surface area contributed by atoms with E-state index in [1.807, 2.05) is 11.4 Å². The molecule has 11 heteroatoms. The van der Waals surface area contributed by atoms with Gasteiger partial charge in [0, 0.05) is 24.2 Å². The van der Waals surface area contributed by atoms with E-state index in [-0.39, 0.29) is 24.7 Å². The monoisotopic (exact) mass is 415 g/mol. The summed E-state index contributed by atoms with van der Waals surface area (Å²) in [6, 6.07) is 3.95. The minimum atomic E-state index is -0.819. The highest BCUT2D eigenvalue weighted by Crippen LogP contribution is 2.37. The van der Waals surface area contributed by atoms with Gasteiger partial charge in [-0.1, -0.05) is 0 Å². The third kappa shape index (κ3) is 3.36. The molecule has 152 valence electrons. The van der Waals surface area contributed by atoms with E-state index in [9.17, 15) is 15.0 Å². The normalized spacial score (nSPS) is 23.5. The molecule has 2 aliphatic rings. The van der Waals surface area contributed by atoms with Gasteiger partial charge in [0.1, 0.15) is 10.6 Å². The number of carboxylic acid groups (broad SMARTS) is 1. The maximum absolute atomic E-state index is 11.5. The lowest BCUT2D eigenvalue weighted by Crippen LogP contribution is -2.49. The van der Waals surface area contributed by atoms with Gasteiger partial charge in [-0.25, -0.2) is 9.78 Å². The van der Waals surface area contributed by atoms with Crippen LogP contribution < -0.4 is 10.6 Å².